The van der Waals surface area contributed by atoms with Gasteiger partial charge in [0, 0.05) is 5.70 Å². The van der Waals surface area contributed by atoms with Crippen LogP contribution >= 0.6 is 15.9 Å². The topological polar surface area (TPSA) is 112 Å². The average Bonchev–Trinajstić information content (AvgIpc) is 3.31. The zero-order chi connectivity index (χ0) is 24.9. The van der Waals surface area contributed by atoms with Gasteiger partial charge in [0.15, 0.2) is 11.5 Å². The van der Waals surface area contributed by atoms with Crippen LogP contribution in [0.1, 0.15) is 38.8 Å². The summed E-state index contributed by atoms with van der Waals surface area (Å²) in [6.07, 6.45) is 0.856. The highest BCUT2D eigenvalue weighted by Crippen LogP contribution is 2.42. The first-order valence-electron chi connectivity index (χ1n) is 11.3. The van der Waals surface area contributed by atoms with E-state index in [1.807, 2.05) is 51.1 Å². The van der Waals surface area contributed by atoms with Crippen molar-refractivity contribution in [3.05, 3.63) is 57.7 Å². The van der Waals surface area contributed by atoms with Crippen LogP contribution in [0.25, 0.3) is 0 Å². The Labute approximate surface area is 211 Å². The van der Waals surface area contributed by atoms with Gasteiger partial charge in [0.05, 0.1) is 36.1 Å². The fraction of sp³-hybridized carbons (Fsp3) is 0.333. The van der Waals surface area contributed by atoms with Crippen molar-refractivity contribution in [2.45, 2.75) is 33.2 Å². The summed E-state index contributed by atoms with van der Waals surface area (Å²) in [6, 6.07) is 10.4. The highest BCUT2D eigenvalue weighted by molar-refractivity contribution is 9.10. The third-order valence-corrected chi connectivity index (χ3v) is 6.00. The van der Waals surface area contributed by atoms with Gasteiger partial charge in [-0.15, -0.1) is 0 Å². The maximum Gasteiger partial charge on any atom is 0.255 e. The number of para-hydroxylation sites is 2. The Morgan fingerprint density at radius 3 is 2.74 bits per heavy atom. The minimum atomic E-state index is -0.620. The number of carbonyl (C=O) groups is 1. The van der Waals surface area contributed by atoms with Crippen LogP contribution in [0, 0.1) is 0 Å². The number of nitrogens with one attached hydrogen (secondary N) is 2. The van der Waals surface area contributed by atoms with Crippen molar-refractivity contribution in [2.24, 2.45) is 0 Å². The highest BCUT2D eigenvalue weighted by Gasteiger charge is 2.35. The van der Waals surface area contributed by atoms with E-state index in [0.717, 1.165) is 12.0 Å². The second-order valence-corrected chi connectivity index (χ2v) is 8.63. The quantitative estimate of drug-likeness (QED) is 0.404. The van der Waals surface area contributed by atoms with E-state index >= 15 is 0 Å². The number of nitrogens with zero attached hydrogens (tertiary/aromatic N) is 4. The standard InChI is InChI=1S/C24H27BrN6O4/c1-5-11-35-22-16(25)12-15(13-19(22)33-4)21-20(14(3)26-24-28-29-30-31(21)24)23(32)27-17-9-7-8-10-18(17)34-6-2/h7-10,12-13,21H,5-6,11H2,1-4H3,(H,27,32)(H,26,28,30). The molecule has 2 aromatic carbocycles. The summed E-state index contributed by atoms with van der Waals surface area (Å²) in [7, 11) is 1.58. The Balaban J connectivity index is 1.78. The molecular formula is C24H27BrN6O4. The van der Waals surface area contributed by atoms with Gasteiger partial charge in [-0.3, -0.25) is 4.79 Å². The monoisotopic (exact) mass is 542 g/mol. The maximum absolute atomic E-state index is 13.7. The molecule has 1 aliphatic rings. The lowest BCUT2D eigenvalue weighted by Crippen LogP contribution is -2.31. The Kier molecular flexibility index (Phi) is 7.54. The number of allylic oxidation sites excluding steroid dienone is 1. The van der Waals surface area contributed by atoms with Crippen LogP contribution in [0.3, 0.4) is 0 Å². The van der Waals surface area contributed by atoms with Gasteiger partial charge in [0.2, 0.25) is 5.95 Å². The summed E-state index contributed by atoms with van der Waals surface area (Å²) in [4.78, 5) is 13.7. The van der Waals surface area contributed by atoms with Gasteiger partial charge in [-0.1, -0.05) is 24.2 Å². The van der Waals surface area contributed by atoms with Crippen LogP contribution in [0.5, 0.6) is 17.2 Å². The normalized spacial score (nSPS) is 14.7. The molecule has 2 heterocycles. The van der Waals surface area contributed by atoms with Crippen molar-refractivity contribution < 1.29 is 19.0 Å². The molecule has 0 saturated carbocycles. The van der Waals surface area contributed by atoms with Gasteiger partial charge in [0.25, 0.3) is 5.91 Å². The van der Waals surface area contributed by atoms with Gasteiger partial charge in [-0.2, -0.15) is 4.68 Å². The molecule has 1 unspecified atom stereocenters. The van der Waals surface area contributed by atoms with Crippen LogP contribution in [0.2, 0.25) is 0 Å². The molecule has 35 heavy (non-hydrogen) atoms. The van der Waals surface area contributed by atoms with E-state index in [0.29, 0.717) is 57.8 Å². The fourth-order valence-electron chi connectivity index (χ4n) is 3.90. The number of methoxy groups -OCH3 is 1. The van der Waals surface area contributed by atoms with Crippen LogP contribution in [-0.2, 0) is 4.79 Å². The molecule has 1 aromatic heterocycles. The Morgan fingerprint density at radius 1 is 1.20 bits per heavy atom. The lowest BCUT2D eigenvalue weighted by molar-refractivity contribution is -0.113. The van der Waals surface area contributed by atoms with Crippen molar-refractivity contribution in [3.8, 4) is 17.2 Å². The SMILES string of the molecule is CCCOc1c(Br)cc(C2C(C(=O)Nc3ccccc3OCC)=C(C)Nc3nnnn32)cc1OC. The molecular weight excluding hydrogens is 516 g/mol. The largest absolute Gasteiger partial charge is 0.493 e. The van der Waals surface area contributed by atoms with Crippen LogP contribution in [-0.4, -0.2) is 46.4 Å². The number of benzene rings is 2. The van der Waals surface area contributed by atoms with E-state index in [1.54, 1.807) is 17.9 Å². The molecule has 10 nitrogen and oxygen atoms in total. The molecule has 184 valence electrons. The number of hydrogen-bond donors (Lipinski definition) is 2. The molecule has 1 aliphatic heterocycles. The number of carbonyl (C=O) groups excluding carboxylic acids is 1. The van der Waals surface area contributed by atoms with E-state index in [4.69, 9.17) is 14.2 Å². The summed E-state index contributed by atoms with van der Waals surface area (Å²) in [6.45, 7) is 6.77. The van der Waals surface area contributed by atoms with Crippen LogP contribution < -0.4 is 24.8 Å². The van der Waals surface area contributed by atoms with Crippen molar-refractivity contribution >= 4 is 33.5 Å². The second kappa shape index (κ2) is 10.8. The van der Waals surface area contributed by atoms with Gasteiger partial charge < -0.3 is 24.8 Å². The van der Waals surface area contributed by atoms with Gasteiger partial charge in [0.1, 0.15) is 11.8 Å². The smallest absolute Gasteiger partial charge is 0.255 e. The average molecular weight is 543 g/mol. The zero-order valence-corrected chi connectivity index (χ0v) is 21.5. The number of ether oxygens (including phenoxy) is 3. The van der Waals surface area contributed by atoms with Gasteiger partial charge >= 0.3 is 0 Å². The number of anilines is 2. The van der Waals surface area contributed by atoms with E-state index < -0.39 is 6.04 Å². The molecule has 1 atom stereocenters. The first kappa shape index (κ1) is 24.5. The molecule has 1 amide bonds. The van der Waals surface area contributed by atoms with Crippen molar-refractivity contribution in [3.63, 3.8) is 0 Å². The summed E-state index contributed by atoms with van der Waals surface area (Å²) in [5.74, 6) is 1.85. The molecule has 2 N–H and O–H groups in total. The molecule has 0 aliphatic carbocycles. The Hall–Kier alpha value is -3.60. The van der Waals surface area contributed by atoms with Crippen molar-refractivity contribution in [2.75, 3.05) is 31.0 Å². The summed E-state index contributed by atoms with van der Waals surface area (Å²) < 4.78 is 19.5. The summed E-state index contributed by atoms with van der Waals surface area (Å²) in [5.41, 5.74) is 2.40. The molecule has 3 aromatic rings. The fourth-order valence-corrected chi connectivity index (χ4v) is 4.47. The summed E-state index contributed by atoms with van der Waals surface area (Å²) in [5, 5.41) is 18.1. The molecule has 0 radical (unpaired) electrons. The lowest BCUT2D eigenvalue weighted by atomic mass is 9.94. The highest BCUT2D eigenvalue weighted by atomic mass is 79.9. The van der Waals surface area contributed by atoms with Crippen LogP contribution in [0.4, 0.5) is 11.6 Å². The molecule has 0 bridgehead atoms. The Morgan fingerprint density at radius 2 is 2.00 bits per heavy atom. The third-order valence-electron chi connectivity index (χ3n) is 5.41. The van der Waals surface area contributed by atoms with E-state index in [9.17, 15) is 4.79 Å². The minimum absolute atomic E-state index is 0.310. The molecule has 0 fully saturated rings. The van der Waals surface area contributed by atoms with E-state index in [-0.39, 0.29) is 5.91 Å². The summed E-state index contributed by atoms with van der Waals surface area (Å²) >= 11 is 3.60. The lowest BCUT2D eigenvalue weighted by Gasteiger charge is -2.28. The van der Waals surface area contributed by atoms with Gasteiger partial charge in [-0.05, 0) is 76.5 Å². The van der Waals surface area contributed by atoms with Crippen molar-refractivity contribution in [1.82, 2.24) is 20.2 Å². The van der Waals surface area contributed by atoms with Crippen molar-refractivity contribution in [1.29, 1.82) is 0 Å². The second-order valence-electron chi connectivity index (χ2n) is 7.78. The zero-order valence-electron chi connectivity index (χ0n) is 20.0. The number of hydrogen-bond acceptors (Lipinski definition) is 8. The number of tetrazole rings is 1. The maximum atomic E-state index is 13.7. The number of aromatic nitrogens is 4. The first-order valence-corrected chi connectivity index (χ1v) is 12.1. The number of amides is 1. The predicted molar refractivity (Wildman–Crippen MR) is 135 cm³/mol. The number of fused-ring (bicyclic) bond motifs is 1. The van der Waals surface area contributed by atoms with Gasteiger partial charge in [-0.25, -0.2) is 0 Å². The van der Waals surface area contributed by atoms with E-state index in [1.165, 1.54) is 0 Å². The molecule has 11 heteroatoms. The van der Waals surface area contributed by atoms with Crippen LogP contribution in [0.15, 0.2) is 52.1 Å². The molecule has 4 rings (SSSR count). The minimum Gasteiger partial charge on any atom is -0.493 e. The molecule has 0 saturated heterocycles. The molecule has 0 spiro atoms. The Bertz CT molecular complexity index is 1260. The third kappa shape index (κ3) is 4.95. The first-order chi connectivity index (χ1) is 17.0. The number of rotatable bonds is 9. The number of halogens is 1. The predicted octanol–water partition coefficient (Wildman–Crippen LogP) is 4.56. The van der Waals surface area contributed by atoms with E-state index in [2.05, 4.69) is 42.1 Å².